The molecule has 0 radical (unpaired) electrons. The Morgan fingerprint density at radius 3 is 1.41 bits per heavy atom. The standard InChI is InChI=1S/C44H79O13P/c1-3-5-7-9-11-13-15-17-18-19-20-21-23-24-26-28-30-32-37(45)54-34-36(56-38(46)33-31-29-27-25-22-16-14-12-10-8-6-4-2)35-55-58(52,53)57-44-42(50)40(48)39(47)41(49)43(44)51/h11-14,17-18,36,39-44,47-51H,3-10,15-16,19-35H2,1-2H3,(H,52,53)/b13-11-,14-12-,18-17-/t36-,39?,40-,41?,42?,43?,44?/m1/s1. The molecule has 0 heterocycles. The van der Waals surface area contributed by atoms with E-state index < -0.39 is 75.7 Å². The molecule has 0 aromatic carbocycles. The molecule has 0 aliphatic heterocycles. The molecule has 6 N–H and O–H groups in total. The van der Waals surface area contributed by atoms with Crippen LogP contribution in [0, 0.1) is 0 Å². The summed E-state index contributed by atoms with van der Waals surface area (Å²) in [6.45, 7) is 3.22. The number of aliphatic hydroxyl groups excluding tert-OH is 5. The van der Waals surface area contributed by atoms with Crippen LogP contribution in [0.2, 0.25) is 0 Å². The Labute approximate surface area is 348 Å². The van der Waals surface area contributed by atoms with Crippen molar-refractivity contribution in [1.82, 2.24) is 0 Å². The molecule has 1 saturated carbocycles. The minimum absolute atomic E-state index is 0.0845. The lowest BCUT2D eigenvalue weighted by molar-refractivity contribution is -0.220. The molecule has 0 bridgehead atoms. The third kappa shape index (κ3) is 27.0. The zero-order valence-corrected chi connectivity index (χ0v) is 36.5. The van der Waals surface area contributed by atoms with Crippen molar-refractivity contribution in [2.45, 2.75) is 217 Å². The molecule has 338 valence electrons. The maximum absolute atomic E-state index is 12.8. The van der Waals surface area contributed by atoms with Gasteiger partial charge in [-0.2, -0.15) is 0 Å². The third-order valence-corrected chi connectivity index (χ3v) is 11.2. The fourth-order valence-electron chi connectivity index (χ4n) is 6.55. The van der Waals surface area contributed by atoms with Gasteiger partial charge in [0, 0.05) is 12.8 Å². The summed E-state index contributed by atoms with van der Waals surface area (Å²) in [6.07, 6.45) is 24.9. The maximum atomic E-state index is 12.8. The first-order valence-electron chi connectivity index (χ1n) is 22.3. The van der Waals surface area contributed by atoms with E-state index in [0.717, 1.165) is 83.5 Å². The highest BCUT2D eigenvalue weighted by atomic mass is 31.2. The van der Waals surface area contributed by atoms with Crippen LogP contribution in [0.15, 0.2) is 36.5 Å². The summed E-state index contributed by atoms with van der Waals surface area (Å²) in [7, 11) is -5.12. The molecule has 1 aliphatic rings. The number of ether oxygens (including phenoxy) is 2. The molecule has 1 fully saturated rings. The van der Waals surface area contributed by atoms with Crippen LogP contribution in [0.25, 0.3) is 0 Å². The van der Waals surface area contributed by atoms with Gasteiger partial charge in [-0.05, 0) is 70.6 Å². The van der Waals surface area contributed by atoms with Gasteiger partial charge in [-0.15, -0.1) is 0 Å². The second-order valence-electron chi connectivity index (χ2n) is 15.5. The van der Waals surface area contributed by atoms with Crippen LogP contribution in [0.5, 0.6) is 0 Å². The van der Waals surface area contributed by atoms with Crippen molar-refractivity contribution in [2.75, 3.05) is 13.2 Å². The molecule has 0 amide bonds. The van der Waals surface area contributed by atoms with E-state index in [2.05, 4.69) is 50.3 Å². The van der Waals surface area contributed by atoms with Crippen molar-refractivity contribution in [3.05, 3.63) is 36.5 Å². The maximum Gasteiger partial charge on any atom is 0.472 e. The van der Waals surface area contributed by atoms with Gasteiger partial charge in [0.1, 0.15) is 43.2 Å². The van der Waals surface area contributed by atoms with E-state index in [-0.39, 0.29) is 12.8 Å². The molecule has 14 heteroatoms. The monoisotopic (exact) mass is 847 g/mol. The van der Waals surface area contributed by atoms with Crippen LogP contribution in [0.4, 0.5) is 0 Å². The van der Waals surface area contributed by atoms with Crippen LogP contribution in [-0.2, 0) is 32.7 Å². The number of unbranched alkanes of at least 4 members (excludes halogenated alkanes) is 18. The van der Waals surface area contributed by atoms with Crippen molar-refractivity contribution >= 4 is 19.8 Å². The number of phosphoric ester groups is 1. The van der Waals surface area contributed by atoms with E-state index in [1.54, 1.807) is 0 Å². The van der Waals surface area contributed by atoms with Crippen molar-refractivity contribution in [2.24, 2.45) is 0 Å². The number of allylic oxidation sites excluding steroid dienone is 6. The number of phosphoric acid groups is 1. The molecule has 0 spiro atoms. The van der Waals surface area contributed by atoms with Gasteiger partial charge in [0.05, 0.1) is 6.61 Å². The first-order valence-corrected chi connectivity index (χ1v) is 23.8. The lowest BCUT2D eigenvalue weighted by Crippen LogP contribution is -2.64. The highest BCUT2D eigenvalue weighted by molar-refractivity contribution is 7.47. The Kier molecular flexibility index (Phi) is 32.4. The van der Waals surface area contributed by atoms with Crippen LogP contribution in [0.3, 0.4) is 0 Å². The SMILES string of the molecule is CCCCC/C=C\C/C=C\CCCCCCCCCC(=O)OC[C@H](COP(=O)(O)OC1C(O)C(O)C(O)[C@@H](O)C1O)OC(=O)CCCCCCC/C=C\CCCCC. The summed E-state index contributed by atoms with van der Waals surface area (Å²) in [5, 5.41) is 50.1. The second kappa shape index (κ2) is 34.7. The minimum atomic E-state index is -5.12. The number of rotatable bonds is 36. The Bertz CT molecular complexity index is 1160. The summed E-state index contributed by atoms with van der Waals surface area (Å²) in [5.74, 6) is -1.12. The highest BCUT2D eigenvalue weighted by Crippen LogP contribution is 2.47. The van der Waals surface area contributed by atoms with Crippen molar-refractivity contribution in [3.8, 4) is 0 Å². The highest BCUT2D eigenvalue weighted by Gasteiger charge is 2.51. The molecule has 0 aromatic heterocycles. The van der Waals surface area contributed by atoms with E-state index >= 15 is 0 Å². The predicted molar refractivity (Wildman–Crippen MR) is 226 cm³/mol. The van der Waals surface area contributed by atoms with Crippen LogP contribution in [-0.4, -0.2) is 98.3 Å². The molecule has 6 unspecified atom stereocenters. The Balaban J connectivity index is 2.47. The molecular weight excluding hydrogens is 767 g/mol. The molecule has 1 rings (SSSR count). The van der Waals surface area contributed by atoms with Gasteiger partial charge >= 0.3 is 19.8 Å². The molecule has 8 atom stereocenters. The quantitative estimate of drug-likeness (QED) is 0.0152. The zero-order valence-electron chi connectivity index (χ0n) is 35.6. The Hall–Kier alpha value is -1.93. The first-order chi connectivity index (χ1) is 27.9. The number of hydrogen-bond acceptors (Lipinski definition) is 12. The lowest BCUT2D eigenvalue weighted by Gasteiger charge is -2.41. The van der Waals surface area contributed by atoms with Crippen molar-refractivity contribution in [3.63, 3.8) is 0 Å². The van der Waals surface area contributed by atoms with Gasteiger partial charge in [0.15, 0.2) is 6.10 Å². The van der Waals surface area contributed by atoms with E-state index in [4.69, 9.17) is 18.5 Å². The van der Waals surface area contributed by atoms with Gasteiger partial charge in [-0.25, -0.2) is 4.57 Å². The van der Waals surface area contributed by atoms with Crippen LogP contribution in [0.1, 0.15) is 174 Å². The summed E-state index contributed by atoms with van der Waals surface area (Å²) in [5.41, 5.74) is 0. The largest absolute Gasteiger partial charge is 0.472 e. The van der Waals surface area contributed by atoms with E-state index in [9.17, 15) is 44.6 Å². The van der Waals surface area contributed by atoms with Gasteiger partial charge in [0.2, 0.25) is 0 Å². The number of carbonyl (C=O) groups is 2. The number of hydrogen-bond donors (Lipinski definition) is 6. The summed E-state index contributed by atoms with van der Waals surface area (Å²) < 4.78 is 33.4. The second-order valence-corrected chi connectivity index (χ2v) is 16.9. The summed E-state index contributed by atoms with van der Waals surface area (Å²) in [4.78, 5) is 35.6. The van der Waals surface area contributed by atoms with Gasteiger partial charge in [-0.1, -0.05) is 127 Å². The Morgan fingerprint density at radius 2 is 0.931 bits per heavy atom. The molecule has 0 saturated heterocycles. The lowest BCUT2D eigenvalue weighted by atomic mass is 9.85. The smallest absolute Gasteiger partial charge is 0.462 e. The van der Waals surface area contributed by atoms with E-state index in [1.165, 1.54) is 51.4 Å². The fourth-order valence-corrected chi connectivity index (χ4v) is 7.52. The topological polar surface area (TPSA) is 210 Å². The normalized spacial score (nSPS) is 22.8. The molecular formula is C44H79O13P. The average molecular weight is 847 g/mol. The van der Waals surface area contributed by atoms with Gasteiger partial charge < -0.3 is 39.9 Å². The zero-order chi connectivity index (χ0) is 42.9. The molecule has 58 heavy (non-hydrogen) atoms. The summed E-state index contributed by atoms with van der Waals surface area (Å²) in [6, 6.07) is 0. The number of aliphatic hydroxyl groups is 5. The minimum Gasteiger partial charge on any atom is -0.462 e. The van der Waals surface area contributed by atoms with Crippen molar-refractivity contribution < 1.29 is 63.1 Å². The van der Waals surface area contributed by atoms with Gasteiger partial charge in [0.25, 0.3) is 0 Å². The number of carbonyl (C=O) groups excluding carboxylic acids is 2. The Morgan fingerprint density at radius 1 is 0.534 bits per heavy atom. The van der Waals surface area contributed by atoms with Crippen molar-refractivity contribution in [1.29, 1.82) is 0 Å². The predicted octanol–water partition coefficient (Wildman–Crippen LogP) is 8.22. The molecule has 0 aromatic rings. The number of esters is 2. The van der Waals surface area contributed by atoms with E-state index in [1.807, 2.05) is 0 Å². The molecule has 13 nitrogen and oxygen atoms in total. The summed E-state index contributed by atoms with van der Waals surface area (Å²) >= 11 is 0. The molecule has 1 aliphatic carbocycles. The third-order valence-electron chi connectivity index (χ3n) is 10.2. The van der Waals surface area contributed by atoms with Crippen LogP contribution < -0.4 is 0 Å². The van der Waals surface area contributed by atoms with E-state index in [0.29, 0.717) is 12.8 Å². The fraction of sp³-hybridized carbons (Fsp3) is 0.818. The first kappa shape index (κ1) is 54.1. The van der Waals surface area contributed by atoms with Crippen LogP contribution >= 0.6 is 7.82 Å². The van der Waals surface area contributed by atoms with Gasteiger partial charge in [-0.3, -0.25) is 18.6 Å². The average Bonchev–Trinajstić information content (AvgIpc) is 3.20.